The lowest BCUT2D eigenvalue weighted by Crippen LogP contribution is -2.10. The molecule has 0 bridgehead atoms. The maximum absolute atomic E-state index is 9.76. The van der Waals surface area contributed by atoms with Gasteiger partial charge in [0.2, 0.25) is 0 Å². The van der Waals surface area contributed by atoms with Crippen molar-refractivity contribution in [3.05, 3.63) is 23.8 Å². The van der Waals surface area contributed by atoms with Crippen molar-refractivity contribution < 1.29 is 5.11 Å². The summed E-state index contributed by atoms with van der Waals surface area (Å²) in [5, 5.41) is 9.76. The van der Waals surface area contributed by atoms with E-state index in [1.807, 2.05) is 0 Å². The Kier molecular flexibility index (Phi) is 4.95. The van der Waals surface area contributed by atoms with E-state index in [1.54, 1.807) is 0 Å². The van der Waals surface area contributed by atoms with Gasteiger partial charge in [-0.15, -0.1) is 0 Å². The standard InChI is InChI=1S/C13H22O/c1-3-7-13(14)11(2)10-12-8-5-4-6-9-12/h4-5,10,12-14H,3,6-9H2,1-2H3. The fourth-order valence-corrected chi connectivity index (χ4v) is 1.95. The Morgan fingerprint density at radius 3 is 2.93 bits per heavy atom. The van der Waals surface area contributed by atoms with Gasteiger partial charge in [0, 0.05) is 0 Å². The summed E-state index contributed by atoms with van der Waals surface area (Å²) >= 11 is 0. The summed E-state index contributed by atoms with van der Waals surface area (Å²) in [4.78, 5) is 0. The Morgan fingerprint density at radius 1 is 1.57 bits per heavy atom. The fraction of sp³-hybridized carbons (Fsp3) is 0.692. The lowest BCUT2D eigenvalue weighted by Gasteiger charge is -2.17. The van der Waals surface area contributed by atoms with E-state index in [2.05, 4.69) is 32.1 Å². The van der Waals surface area contributed by atoms with Crippen molar-refractivity contribution in [1.29, 1.82) is 0 Å². The molecule has 0 aromatic heterocycles. The van der Waals surface area contributed by atoms with Crippen LogP contribution < -0.4 is 0 Å². The van der Waals surface area contributed by atoms with Gasteiger partial charge in [0.1, 0.15) is 0 Å². The summed E-state index contributed by atoms with van der Waals surface area (Å²) in [5.74, 6) is 0.659. The Labute approximate surface area is 87.5 Å². The first-order chi connectivity index (χ1) is 6.74. The van der Waals surface area contributed by atoms with E-state index in [-0.39, 0.29) is 6.10 Å². The molecular formula is C13H22O. The van der Waals surface area contributed by atoms with Gasteiger partial charge in [0.15, 0.2) is 0 Å². The number of rotatable bonds is 4. The first-order valence-corrected chi connectivity index (χ1v) is 5.75. The highest BCUT2D eigenvalue weighted by Gasteiger charge is 2.10. The molecule has 0 fully saturated rings. The SMILES string of the molecule is CCCC(O)C(C)=CC1CC=CCC1. The molecule has 0 aliphatic heterocycles. The second-order valence-corrected chi connectivity index (χ2v) is 4.26. The molecule has 14 heavy (non-hydrogen) atoms. The molecule has 0 aromatic rings. The average molecular weight is 194 g/mol. The Hall–Kier alpha value is -0.560. The third kappa shape index (κ3) is 3.67. The van der Waals surface area contributed by atoms with E-state index in [4.69, 9.17) is 0 Å². The summed E-state index contributed by atoms with van der Waals surface area (Å²) in [6.07, 6.45) is 12.1. The maximum atomic E-state index is 9.76. The van der Waals surface area contributed by atoms with Gasteiger partial charge in [-0.2, -0.15) is 0 Å². The van der Waals surface area contributed by atoms with Gasteiger partial charge in [-0.1, -0.05) is 31.6 Å². The Bertz CT molecular complexity index is 215. The zero-order chi connectivity index (χ0) is 10.4. The molecule has 1 nitrogen and oxygen atoms in total. The van der Waals surface area contributed by atoms with Gasteiger partial charge in [-0.25, -0.2) is 0 Å². The molecule has 1 aliphatic carbocycles. The van der Waals surface area contributed by atoms with Gasteiger partial charge in [0.25, 0.3) is 0 Å². The molecule has 0 radical (unpaired) electrons. The molecule has 0 saturated carbocycles. The summed E-state index contributed by atoms with van der Waals surface area (Å²) < 4.78 is 0. The van der Waals surface area contributed by atoms with Gasteiger partial charge in [0.05, 0.1) is 6.10 Å². The van der Waals surface area contributed by atoms with Crippen LogP contribution in [0.5, 0.6) is 0 Å². The minimum absolute atomic E-state index is 0.217. The largest absolute Gasteiger partial charge is 0.389 e. The predicted molar refractivity (Wildman–Crippen MR) is 61.2 cm³/mol. The van der Waals surface area contributed by atoms with E-state index in [0.717, 1.165) is 24.8 Å². The van der Waals surface area contributed by atoms with Gasteiger partial charge >= 0.3 is 0 Å². The quantitative estimate of drug-likeness (QED) is 0.680. The summed E-state index contributed by atoms with van der Waals surface area (Å²) in [5.41, 5.74) is 1.16. The third-order valence-electron chi connectivity index (χ3n) is 2.90. The monoisotopic (exact) mass is 194 g/mol. The average Bonchev–Trinajstić information content (AvgIpc) is 2.19. The Morgan fingerprint density at radius 2 is 2.36 bits per heavy atom. The molecule has 1 rings (SSSR count). The molecule has 0 amide bonds. The summed E-state index contributed by atoms with van der Waals surface area (Å²) in [6.45, 7) is 4.17. The number of hydrogen-bond acceptors (Lipinski definition) is 1. The number of allylic oxidation sites excluding steroid dienone is 3. The third-order valence-corrected chi connectivity index (χ3v) is 2.90. The lowest BCUT2D eigenvalue weighted by molar-refractivity contribution is 0.198. The van der Waals surface area contributed by atoms with Gasteiger partial charge in [-0.3, -0.25) is 0 Å². The summed E-state index contributed by atoms with van der Waals surface area (Å²) in [7, 11) is 0. The van der Waals surface area contributed by atoms with Crippen molar-refractivity contribution in [2.45, 2.75) is 52.1 Å². The second kappa shape index (κ2) is 6.02. The lowest BCUT2D eigenvalue weighted by atomic mass is 9.91. The molecule has 2 unspecified atom stereocenters. The van der Waals surface area contributed by atoms with Crippen molar-refractivity contribution in [3.8, 4) is 0 Å². The van der Waals surface area contributed by atoms with E-state index in [9.17, 15) is 5.11 Å². The second-order valence-electron chi connectivity index (χ2n) is 4.26. The van der Waals surface area contributed by atoms with Crippen molar-refractivity contribution >= 4 is 0 Å². The van der Waals surface area contributed by atoms with Crippen LogP contribution >= 0.6 is 0 Å². The normalized spacial score (nSPS) is 25.1. The van der Waals surface area contributed by atoms with Gasteiger partial charge < -0.3 is 5.11 Å². The van der Waals surface area contributed by atoms with Crippen molar-refractivity contribution in [2.75, 3.05) is 0 Å². The van der Waals surface area contributed by atoms with E-state index in [0.29, 0.717) is 5.92 Å². The zero-order valence-electron chi connectivity index (χ0n) is 9.37. The van der Waals surface area contributed by atoms with E-state index in [1.165, 1.54) is 12.8 Å². The molecule has 1 heteroatoms. The van der Waals surface area contributed by atoms with Crippen LogP contribution in [-0.2, 0) is 0 Å². The van der Waals surface area contributed by atoms with Crippen LogP contribution in [0.4, 0.5) is 0 Å². The van der Waals surface area contributed by atoms with Crippen LogP contribution in [0.2, 0.25) is 0 Å². The first kappa shape index (κ1) is 11.5. The highest BCUT2D eigenvalue weighted by atomic mass is 16.3. The minimum Gasteiger partial charge on any atom is -0.389 e. The molecule has 80 valence electrons. The maximum Gasteiger partial charge on any atom is 0.0747 e. The fourth-order valence-electron chi connectivity index (χ4n) is 1.95. The molecule has 0 saturated heterocycles. The van der Waals surface area contributed by atoms with Gasteiger partial charge in [-0.05, 0) is 44.1 Å². The summed E-state index contributed by atoms with van der Waals surface area (Å²) in [6, 6.07) is 0. The van der Waals surface area contributed by atoms with E-state index < -0.39 is 0 Å². The molecule has 1 aliphatic rings. The highest BCUT2D eigenvalue weighted by molar-refractivity contribution is 5.09. The van der Waals surface area contributed by atoms with E-state index >= 15 is 0 Å². The van der Waals surface area contributed by atoms with Crippen LogP contribution in [0.3, 0.4) is 0 Å². The molecular weight excluding hydrogens is 172 g/mol. The molecule has 1 N–H and O–H groups in total. The van der Waals surface area contributed by atoms with Crippen LogP contribution in [0, 0.1) is 5.92 Å². The molecule has 0 spiro atoms. The van der Waals surface area contributed by atoms with Crippen molar-refractivity contribution in [2.24, 2.45) is 5.92 Å². The van der Waals surface area contributed by atoms with Crippen molar-refractivity contribution in [1.82, 2.24) is 0 Å². The minimum atomic E-state index is -0.217. The van der Waals surface area contributed by atoms with Crippen LogP contribution in [-0.4, -0.2) is 11.2 Å². The van der Waals surface area contributed by atoms with Crippen LogP contribution in [0.15, 0.2) is 23.8 Å². The molecule has 0 aromatic carbocycles. The van der Waals surface area contributed by atoms with Crippen LogP contribution in [0.25, 0.3) is 0 Å². The Balaban J connectivity index is 2.44. The molecule has 2 atom stereocenters. The number of aliphatic hydroxyl groups excluding tert-OH is 1. The zero-order valence-corrected chi connectivity index (χ0v) is 9.37. The smallest absolute Gasteiger partial charge is 0.0747 e. The molecule has 0 heterocycles. The topological polar surface area (TPSA) is 20.2 Å². The van der Waals surface area contributed by atoms with Crippen LogP contribution in [0.1, 0.15) is 46.0 Å². The predicted octanol–water partition coefficient (Wildman–Crippen LogP) is 3.45. The number of aliphatic hydroxyl groups is 1. The highest BCUT2D eigenvalue weighted by Crippen LogP contribution is 2.22. The van der Waals surface area contributed by atoms with Crippen molar-refractivity contribution in [3.63, 3.8) is 0 Å². The first-order valence-electron chi connectivity index (χ1n) is 5.75. The number of hydrogen-bond donors (Lipinski definition) is 1.